The average molecular weight is 476 g/mol. The van der Waals surface area contributed by atoms with Gasteiger partial charge in [-0.05, 0) is 48.6 Å². The number of thiophene rings is 1. The summed E-state index contributed by atoms with van der Waals surface area (Å²) in [6.45, 7) is 0.287. The van der Waals surface area contributed by atoms with Crippen molar-refractivity contribution in [2.75, 3.05) is 4.90 Å². The van der Waals surface area contributed by atoms with E-state index in [-0.39, 0.29) is 35.4 Å². The molecule has 1 saturated heterocycles. The van der Waals surface area contributed by atoms with Crippen LogP contribution < -0.4 is 10.0 Å². The molecule has 0 bridgehead atoms. The molecule has 1 atom stereocenters. The first-order chi connectivity index (χ1) is 15.3. The van der Waals surface area contributed by atoms with Crippen LogP contribution in [-0.4, -0.2) is 37.1 Å². The minimum atomic E-state index is -3.89. The lowest BCUT2D eigenvalue weighted by molar-refractivity contribution is -0.143. The Bertz CT molecular complexity index is 1110. The van der Waals surface area contributed by atoms with Crippen LogP contribution >= 0.6 is 11.3 Å². The Morgan fingerprint density at radius 2 is 1.78 bits per heavy atom. The number of primary sulfonamides is 1. The second-order valence-electron chi connectivity index (χ2n) is 8.21. The number of hydrogen-bond donors (Lipinski definition) is 1. The zero-order chi connectivity index (χ0) is 22.9. The van der Waals surface area contributed by atoms with E-state index in [1.54, 1.807) is 4.90 Å². The molecule has 170 valence electrons. The predicted octanol–water partition coefficient (Wildman–Crippen LogP) is 2.64. The standard InChI is InChI=1S/C22H25N3O5S2/c23-32(29,30)18-10-8-16(9-11-18)25-20(26)13-19(22(25)28)24(14-17-7-4-12-31-17)21(27)15-5-2-1-3-6-15/h4,7-12,15,19H,1-3,5-6,13-14H2,(H2,23,29,30). The summed E-state index contributed by atoms with van der Waals surface area (Å²) in [5, 5.41) is 7.04. The Labute approximate surface area is 191 Å². The molecule has 0 spiro atoms. The molecule has 8 nitrogen and oxygen atoms in total. The molecule has 2 fully saturated rings. The van der Waals surface area contributed by atoms with Gasteiger partial charge in [0, 0.05) is 10.8 Å². The van der Waals surface area contributed by atoms with E-state index in [4.69, 9.17) is 5.14 Å². The number of anilines is 1. The summed E-state index contributed by atoms with van der Waals surface area (Å²) < 4.78 is 23.0. The average Bonchev–Trinajstić information content (AvgIpc) is 3.39. The van der Waals surface area contributed by atoms with Gasteiger partial charge < -0.3 is 4.90 Å². The van der Waals surface area contributed by atoms with Crippen molar-refractivity contribution >= 4 is 44.8 Å². The lowest BCUT2D eigenvalue weighted by Gasteiger charge is -2.32. The van der Waals surface area contributed by atoms with Crippen LogP contribution in [0.4, 0.5) is 5.69 Å². The molecular weight excluding hydrogens is 450 g/mol. The first kappa shape index (κ1) is 22.6. The molecule has 4 rings (SSSR count). The van der Waals surface area contributed by atoms with Gasteiger partial charge in [0.15, 0.2) is 0 Å². The van der Waals surface area contributed by atoms with Crippen molar-refractivity contribution in [3.63, 3.8) is 0 Å². The van der Waals surface area contributed by atoms with Gasteiger partial charge in [-0.15, -0.1) is 11.3 Å². The number of amides is 3. The van der Waals surface area contributed by atoms with E-state index < -0.39 is 27.9 Å². The highest BCUT2D eigenvalue weighted by Gasteiger charge is 2.45. The molecule has 3 amide bonds. The van der Waals surface area contributed by atoms with Gasteiger partial charge in [-0.3, -0.25) is 14.4 Å². The first-order valence-electron chi connectivity index (χ1n) is 10.6. The lowest BCUT2D eigenvalue weighted by Crippen LogP contribution is -2.47. The summed E-state index contributed by atoms with van der Waals surface area (Å²) >= 11 is 1.50. The smallest absolute Gasteiger partial charge is 0.257 e. The molecule has 1 unspecified atom stereocenters. The van der Waals surface area contributed by atoms with Crippen molar-refractivity contribution in [2.45, 2.75) is 56.0 Å². The molecule has 2 N–H and O–H groups in total. The zero-order valence-electron chi connectivity index (χ0n) is 17.5. The monoisotopic (exact) mass is 475 g/mol. The number of nitrogens with two attached hydrogens (primary N) is 1. The van der Waals surface area contributed by atoms with Gasteiger partial charge >= 0.3 is 0 Å². The van der Waals surface area contributed by atoms with E-state index in [2.05, 4.69) is 0 Å². The number of carbonyl (C=O) groups excluding carboxylic acids is 3. The number of benzene rings is 1. The topological polar surface area (TPSA) is 118 Å². The van der Waals surface area contributed by atoms with Crippen molar-refractivity contribution in [3.8, 4) is 0 Å². The van der Waals surface area contributed by atoms with E-state index in [1.807, 2.05) is 17.5 Å². The third-order valence-electron chi connectivity index (χ3n) is 6.07. The highest BCUT2D eigenvalue weighted by atomic mass is 32.2. The number of carbonyl (C=O) groups is 3. The third kappa shape index (κ3) is 4.62. The van der Waals surface area contributed by atoms with Crippen molar-refractivity contribution in [1.29, 1.82) is 0 Å². The molecule has 1 aromatic heterocycles. The highest BCUT2D eigenvalue weighted by Crippen LogP contribution is 2.32. The Hall–Kier alpha value is -2.56. The van der Waals surface area contributed by atoms with Crippen LogP contribution in [0.3, 0.4) is 0 Å². The van der Waals surface area contributed by atoms with E-state index in [1.165, 1.54) is 35.6 Å². The van der Waals surface area contributed by atoms with Crippen LogP contribution in [0.25, 0.3) is 0 Å². The normalized spacial score (nSPS) is 20.0. The quantitative estimate of drug-likeness (QED) is 0.645. The molecule has 2 heterocycles. The summed E-state index contributed by atoms with van der Waals surface area (Å²) in [5.74, 6) is -1.10. The number of nitrogens with zero attached hydrogens (tertiary/aromatic N) is 2. The number of rotatable bonds is 6. The van der Waals surface area contributed by atoms with Crippen molar-refractivity contribution in [2.24, 2.45) is 11.1 Å². The molecule has 0 radical (unpaired) electrons. The summed E-state index contributed by atoms with van der Waals surface area (Å²) in [4.78, 5) is 43.0. The minimum Gasteiger partial charge on any atom is -0.325 e. The summed E-state index contributed by atoms with van der Waals surface area (Å²) in [6, 6.07) is 8.21. The molecular formula is C22H25N3O5S2. The van der Waals surface area contributed by atoms with Gasteiger partial charge in [0.1, 0.15) is 6.04 Å². The molecule has 10 heteroatoms. The summed E-state index contributed by atoms with van der Waals surface area (Å²) in [6.07, 6.45) is 4.59. The second-order valence-corrected chi connectivity index (χ2v) is 10.8. The van der Waals surface area contributed by atoms with Gasteiger partial charge in [0.25, 0.3) is 5.91 Å². The largest absolute Gasteiger partial charge is 0.325 e. The molecule has 1 saturated carbocycles. The Kier molecular flexibility index (Phi) is 6.45. The van der Waals surface area contributed by atoms with E-state index in [9.17, 15) is 22.8 Å². The van der Waals surface area contributed by atoms with Crippen LogP contribution in [0.1, 0.15) is 43.4 Å². The third-order valence-corrected chi connectivity index (χ3v) is 7.86. The molecule has 2 aromatic rings. The van der Waals surface area contributed by atoms with Crippen LogP contribution in [0.15, 0.2) is 46.7 Å². The molecule has 1 aliphatic heterocycles. The minimum absolute atomic E-state index is 0.0735. The van der Waals surface area contributed by atoms with Crippen LogP contribution in [0, 0.1) is 5.92 Å². The van der Waals surface area contributed by atoms with Crippen molar-refractivity contribution in [1.82, 2.24) is 4.90 Å². The van der Waals surface area contributed by atoms with Gasteiger partial charge in [-0.25, -0.2) is 18.5 Å². The fourth-order valence-electron chi connectivity index (χ4n) is 4.41. The molecule has 1 aliphatic carbocycles. The number of sulfonamides is 1. The summed E-state index contributed by atoms with van der Waals surface area (Å²) in [5.41, 5.74) is 0.260. The predicted molar refractivity (Wildman–Crippen MR) is 120 cm³/mol. The number of hydrogen-bond acceptors (Lipinski definition) is 6. The lowest BCUT2D eigenvalue weighted by atomic mass is 9.88. The van der Waals surface area contributed by atoms with Gasteiger partial charge in [0.05, 0.1) is 23.5 Å². The molecule has 1 aromatic carbocycles. The van der Waals surface area contributed by atoms with Crippen LogP contribution in [0.5, 0.6) is 0 Å². The van der Waals surface area contributed by atoms with E-state index >= 15 is 0 Å². The number of imide groups is 1. The fraction of sp³-hybridized carbons (Fsp3) is 0.409. The van der Waals surface area contributed by atoms with Crippen LogP contribution in [0.2, 0.25) is 0 Å². The Morgan fingerprint density at radius 3 is 2.38 bits per heavy atom. The van der Waals surface area contributed by atoms with Crippen molar-refractivity contribution in [3.05, 3.63) is 46.7 Å². The molecule has 2 aliphatic rings. The Balaban J connectivity index is 1.61. The molecule has 32 heavy (non-hydrogen) atoms. The van der Waals surface area contributed by atoms with Crippen molar-refractivity contribution < 1.29 is 22.8 Å². The van der Waals surface area contributed by atoms with E-state index in [0.717, 1.165) is 41.9 Å². The Morgan fingerprint density at radius 1 is 1.09 bits per heavy atom. The first-order valence-corrected chi connectivity index (χ1v) is 13.0. The van der Waals surface area contributed by atoms with Gasteiger partial charge in [-0.2, -0.15) is 0 Å². The zero-order valence-corrected chi connectivity index (χ0v) is 19.1. The van der Waals surface area contributed by atoms with E-state index in [0.29, 0.717) is 0 Å². The van der Waals surface area contributed by atoms with Gasteiger partial charge in [0.2, 0.25) is 21.8 Å². The maximum atomic E-state index is 13.4. The second kappa shape index (κ2) is 9.13. The summed E-state index contributed by atoms with van der Waals surface area (Å²) in [7, 11) is -3.89. The maximum Gasteiger partial charge on any atom is 0.257 e. The SMILES string of the molecule is NS(=O)(=O)c1ccc(N2C(=O)CC(N(Cc3cccs3)C(=O)C3CCCCC3)C2=O)cc1. The van der Waals surface area contributed by atoms with Gasteiger partial charge in [-0.1, -0.05) is 25.3 Å². The maximum absolute atomic E-state index is 13.4. The fourth-order valence-corrected chi connectivity index (χ4v) is 5.63. The van der Waals surface area contributed by atoms with Crippen LogP contribution in [-0.2, 0) is 31.0 Å². The highest BCUT2D eigenvalue weighted by molar-refractivity contribution is 7.89.